The summed E-state index contributed by atoms with van der Waals surface area (Å²) in [7, 11) is 0. The molecular formula is C11H17NOS. The third-order valence-electron chi connectivity index (χ3n) is 2.21. The SMILES string of the molecule is CC(C)(C)C(N)C(=O)Cc1cccs1. The Labute approximate surface area is 89.1 Å². The van der Waals surface area contributed by atoms with Gasteiger partial charge in [-0.25, -0.2) is 0 Å². The van der Waals surface area contributed by atoms with E-state index in [1.165, 1.54) is 0 Å². The Hall–Kier alpha value is -0.670. The number of rotatable bonds is 3. The summed E-state index contributed by atoms with van der Waals surface area (Å²) in [5, 5.41) is 1.98. The van der Waals surface area contributed by atoms with Crippen LogP contribution in [0.25, 0.3) is 0 Å². The minimum atomic E-state index is -0.371. The zero-order valence-electron chi connectivity index (χ0n) is 8.91. The molecule has 3 heteroatoms. The molecular weight excluding hydrogens is 194 g/mol. The van der Waals surface area contributed by atoms with Crippen LogP contribution in [-0.2, 0) is 11.2 Å². The first kappa shape index (κ1) is 11.4. The summed E-state index contributed by atoms with van der Waals surface area (Å²) in [6, 6.07) is 3.55. The maximum atomic E-state index is 11.7. The second-order valence-corrected chi connectivity index (χ2v) is 5.60. The van der Waals surface area contributed by atoms with Gasteiger partial charge in [-0.1, -0.05) is 26.8 Å². The number of thiophene rings is 1. The van der Waals surface area contributed by atoms with Crippen molar-refractivity contribution in [2.24, 2.45) is 11.1 Å². The van der Waals surface area contributed by atoms with Crippen LogP contribution >= 0.6 is 11.3 Å². The summed E-state index contributed by atoms with van der Waals surface area (Å²) >= 11 is 1.60. The van der Waals surface area contributed by atoms with Crippen LogP contribution in [0, 0.1) is 5.41 Å². The van der Waals surface area contributed by atoms with Crippen molar-refractivity contribution in [1.82, 2.24) is 0 Å². The average molecular weight is 211 g/mol. The lowest BCUT2D eigenvalue weighted by molar-refractivity contribution is -0.121. The average Bonchev–Trinajstić information content (AvgIpc) is 2.53. The third kappa shape index (κ3) is 2.93. The van der Waals surface area contributed by atoms with Crippen molar-refractivity contribution in [1.29, 1.82) is 0 Å². The van der Waals surface area contributed by atoms with E-state index in [2.05, 4.69) is 0 Å². The summed E-state index contributed by atoms with van der Waals surface area (Å²) in [6.45, 7) is 5.97. The highest BCUT2D eigenvalue weighted by atomic mass is 32.1. The van der Waals surface area contributed by atoms with Gasteiger partial charge in [-0.2, -0.15) is 0 Å². The molecule has 0 spiro atoms. The van der Waals surface area contributed by atoms with Gasteiger partial charge in [0.2, 0.25) is 0 Å². The lowest BCUT2D eigenvalue weighted by Crippen LogP contribution is -2.42. The topological polar surface area (TPSA) is 43.1 Å². The first-order valence-corrected chi connectivity index (χ1v) is 5.60. The number of carbonyl (C=O) groups is 1. The summed E-state index contributed by atoms with van der Waals surface area (Å²) in [5.41, 5.74) is 5.72. The highest BCUT2D eigenvalue weighted by Gasteiger charge is 2.27. The first-order chi connectivity index (χ1) is 6.41. The Bertz CT molecular complexity index is 298. The molecule has 1 heterocycles. The summed E-state index contributed by atoms with van der Waals surface area (Å²) < 4.78 is 0. The largest absolute Gasteiger partial charge is 0.321 e. The van der Waals surface area contributed by atoms with Crippen LogP contribution in [0.2, 0.25) is 0 Å². The normalized spacial score (nSPS) is 14.0. The van der Waals surface area contributed by atoms with Crippen LogP contribution < -0.4 is 5.73 Å². The molecule has 2 N–H and O–H groups in total. The molecule has 0 saturated heterocycles. The maximum Gasteiger partial charge on any atom is 0.155 e. The van der Waals surface area contributed by atoms with Crippen LogP contribution in [0.5, 0.6) is 0 Å². The first-order valence-electron chi connectivity index (χ1n) is 4.72. The van der Waals surface area contributed by atoms with Crippen molar-refractivity contribution >= 4 is 17.1 Å². The van der Waals surface area contributed by atoms with Gasteiger partial charge >= 0.3 is 0 Å². The van der Waals surface area contributed by atoms with E-state index in [4.69, 9.17) is 5.73 Å². The molecule has 0 amide bonds. The Morgan fingerprint density at radius 2 is 2.21 bits per heavy atom. The predicted octanol–water partition coefficient (Wildman–Crippen LogP) is 2.23. The van der Waals surface area contributed by atoms with E-state index in [1.54, 1.807) is 11.3 Å². The quantitative estimate of drug-likeness (QED) is 0.833. The van der Waals surface area contributed by atoms with Crippen molar-refractivity contribution in [3.8, 4) is 0 Å². The van der Waals surface area contributed by atoms with E-state index in [0.717, 1.165) is 4.88 Å². The third-order valence-corrected chi connectivity index (χ3v) is 3.08. The van der Waals surface area contributed by atoms with Crippen LogP contribution in [0.1, 0.15) is 25.6 Å². The van der Waals surface area contributed by atoms with Crippen molar-refractivity contribution < 1.29 is 4.79 Å². The van der Waals surface area contributed by atoms with Gasteiger partial charge in [0.25, 0.3) is 0 Å². The van der Waals surface area contributed by atoms with E-state index in [1.807, 2.05) is 38.3 Å². The maximum absolute atomic E-state index is 11.7. The number of hydrogen-bond donors (Lipinski definition) is 1. The molecule has 2 nitrogen and oxygen atoms in total. The monoisotopic (exact) mass is 211 g/mol. The minimum Gasteiger partial charge on any atom is -0.321 e. The zero-order chi connectivity index (χ0) is 10.8. The lowest BCUT2D eigenvalue weighted by Gasteiger charge is -2.25. The number of nitrogens with two attached hydrogens (primary N) is 1. The fourth-order valence-electron chi connectivity index (χ4n) is 1.18. The van der Waals surface area contributed by atoms with Crippen molar-refractivity contribution in [3.05, 3.63) is 22.4 Å². The van der Waals surface area contributed by atoms with Gasteiger partial charge < -0.3 is 5.73 Å². The molecule has 14 heavy (non-hydrogen) atoms. The second kappa shape index (κ2) is 4.24. The Kier molecular flexibility index (Phi) is 3.45. The molecule has 1 rings (SSSR count). The van der Waals surface area contributed by atoms with E-state index < -0.39 is 0 Å². The molecule has 0 aliphatic carbocycles. The number of carbonyl (C=O) groups excluding carboxylic acids is 1. The van der Waals surface area contributed by atoms with Crippen LogP contribution in [0.15, 0.2) is 17.5 Å². The molecule has 0 aliphatic heterocycles. The van der Waals surface area contributed by atoms with Gasteiger partial charge in [-0.05, 0) is 16.9 Å². The fourth-order valence-corrected chi connectivity index (χ4v) is 1.89. The Morgan fingerprint density at radius 1 is 1.57 bits per heavy atom. The molecule has 0 aliphatic rings. The summed E-state index contributed by atoms with van der Waals surface area (Å²) in [5.74, 6) is 0.125. The molecule has 1 unspecified atom stereocenters. The molecule has 0 bridgehead atoms. The summed E-state index contributed by atoms with van der Waals surface area (Å²) in [4.78, 5) is 12.8. The molecule has 0 radical (unpaired) electrons. The Balaban J connectivity index is 2.59. The van der Waals surface area contributed by atoms with Crippen molar-refractivity contribution in [2.45, 2.75) is 33.2 Å². The number of hydrogen-bond acceptors (Lipinski definition) is 3. The minimum absolute atomic E-state index is 0.125. The molecule has 1 aromatic heterocycles. The van der Waals surface area contributed by atoms with Gasteiger partial charge in [0.15, 0.2) is 5.78 Å². The Morgan fingerprint density at radius 3 is 2.64 bits per heavy atom. The molecule has 0 saturated carbocycles. The second-order valence-electron chi connectivity index (χ2n) is 4.57. The highest BCUT2D eigenvalue weighted by Crippen LogP contribution is 2.20. The van der Waals surface area contributed by atoms with Crippen LogP contribution in [0.4, 0.5) is 0 Å². The van der Waals surface area contributed by atoms with Gasteiger partial charge in [0.1, 0.15) is 0 Å². The number of ketones is 1. The van der Waals surface area contributed by atoms with Gasteiger partial charge in [0, 0.05) is 11.3 Å². The van der Waals surface area contributed by atoms with Crippen molar-refractivity contribution in [2.75, 3.05) is 0 Å². The predicted molar refractivity (Wildman–Crippen MR) is 60.5 cm³/mol. The standard InChI is InChI=1S/C11H17NOS/c1-11(2,3)10(12)9(13)7-8-5-4-6-14-8/h4-6,10H,7,12H2,1-3H3. The van der Waals surface area contributed by atoms with Crippen LogP contribution in [-0.4, -0.2) is 11.8 Å². The summed E-state index contributed by atoms with van der Waals surface area (Å²) in [6.07, 6.45) is 0.468. The van der Waals surface area contributed by atoms with E-state index >= 15 is 0 Å². The highest BCUT2D eigenvalue weighted by molar-refractivity contribution is 7.10. The van der Waals surface area contributed by atoms with Gasteiger partial charge in [0.05, 0.1) is 6.04 Å². The lowest BCUT2D eigenvalue weighted by atomic mass is 9.84. The van der Waals surface area contributed by atoms with Gasteiger partial charge in [-0.15, -0.1) is 11.3 Å². The molecule has 0 aromatic carbocycles. The van der Waals surface area contributed by atoms with E-state index in [-0.39, 0.29) is 17.2 Å². The van der Waals surface area contributed by atoms with E-state index in [9.17, 15) is 4.79 Å². The van der Waals surface area contributed by atoms with Gasteiger partial charge in [-0.3, -0.25) is 4.79 Å². The number of Topliss-reactive ketones (excluding diaryl/α,β-unsaturated/α-hetero) is 1. The molecule has 78 valence electrons. The van der Waals surface area contributed by atoms with Crippen LogP contribution in [0.3, 0.4) is 0 Å². The molecule has 1 atom stereocenters. The zero-order valence-corrected chi connectivity index (χ0v) is 9.73. The smallest absolute Gasteiger partial charge is 0.155 e. The fraction of sp³-hybridized carbons (Fsp3) is 0.545. The molecule has 0 fully saturated rings. The van der Waals surface area contributed by atoms with E-state index in [0.29, 0.717) is 6.42 Å². The van der Waals surface area contributed by atoms with Crippen molar-refractivity contribution in [3.63, 3.8) is 0 Å². The molecule has 1 aromatic rings.